The topological polar surface area (TPSA) is 81.5 Å². The molecule has 1 fully saturated rings. The van der Waals surface area contributed by atoms with Crippen LogP contribution in [0.1, 0.15) is 30.5 Å². The van der Waals surface area contributed by atoms with Crippen molar-refractivity contribution in [1.29, 1.82) is 5.26 Å². The summed E-state index contributed by atoms with van der Waals surface area (Å²) in [6, 6.07) is 11.6. The van der Waals surface area contributed by atoms with E-state index < -0.39 is 40.7 Å². The number of hydrogen-bond donors (Lipinski definition) is 0. The summed E-state index contributed by atoms with van der Waals surface area (Å²) in [5.74, 6) is -1.63. The van der Waals surface area contributed by atoms with E-state index >= 15 is 0 Å². The van der Waals surface area contributed by atoms with Gasteiger partial charge in [-0.05, 0) is 36.8 Å². The highest BCUT2D eigenvalue weighted by molar-refractivity contribution is 6.27. The molecule has 1 aliphatic rings. The van der Waals surface area contributed by atoms with Gasteiger partial charge in [0.25, 0.3) is 5.91 Å². The van der Waals surface area contributed by atoms with Crippen LogP contribution in [0.15, 0.2) is 42.5 Å². The monoisotopic (exact) mass is 400 g/mol. The van der Waals surface area contributed by atoms with Crippen molar-refractivity contribution >= 4 is 23.5 Å². The van der Waals surface area contributed by atoms with Crippen LogP contribution < -0.4 is 4.90 Å². The fourth-order valence-corrected chi connectivity index (χ4v) is 3.34. The van der Waals surface area contributed by atoms with E-state index in [4.69, 9.17) is 5.26 Å². The zero-order chi connectivity index (χ0) is 21.6. The Morgan fingerprint density at radius 3 is 2.31 bits per heavy atom. The Morgan fingerprint density at radius 1 is 1.17 bits per heavy atom. The number of rotatable bonds is 2. The highest BCUT2D eigenvalue weighted by Gasteiger charge is 2.58. The molecular formula is C20H13F3N3O3. The van der Waals surface area contributed by atoms with Gasteiger partial charge in [-0.25, -0.2) is 14.6 Å². The van der Waals surface area contributed by atoms with Crippen LogP contribution in [-0.2, 0) is 21.3 Å². The smallest absolute Gasteiger partial charge is 0.275 e. The van der Waals surface area contributed by atoms with Gasteiger partial charge in [0.15, 0.2) is 5.54 Å². The van der Waals surface area contributed by atoms with Gasteiger partial charge in [-0.1, -0.05) is 24.3 Å². The summed E-state index contributed by atoms with van der Waals surface area (Å²) in [5.41, 5.74) is -3.76. The average molecular weight is 400 g/mol. The highest BCUT2D eigenvalue weighted by atomic mass is 19.4. The first-order chi connectivity index (χ1) is 13.5. The van der Waals surface area contributed by atoms with E-state index in [0.717, 1.165) is 19.1 Å². The number of carbonyl (C=O) groups excluding carboxylic acids is 3. The number of anilines is 1. The van der Waals surface area contributed by atoms with Gasteiger partial charge in [-0.3, -0.25) is 9.59 Å². The Morgan fingerprint density at radius 2 is 1.79 bits per heavy atom. The molecule has 1 saturated heterocycles. The summed E-state index contributed by atoms with van der Waals surface area (Å²) in [6.07, 6.45) is -4.87. The third-order valence-corrected chi connectivity index (χ3v) is 4.73. The van der Waals surface area contributed by atoms with Crippen LogP contribution in [0.25, 0.3) is 0 Å². The summed E-state index contributed by atoms with van der Waals surface area (Å²) in [4.78, 5) is 39.6. The van der Waals surface area contributed by atoms with Crippen molar-refractivity contribution in [3.63, 3.8) is 0 Å². The van der Waals surface area contributed by atoms with Crippen molar-refractivity contribution in [2.24, 2.45) is 0 Å². The molecule has 4 amide bonds. The summed E-state index contributed by atoms with van der Waals surface area (Å²) in [6.45, 7) is 2.43. The van der Waals surface area contributed by atoms with Crippen molar-refractivity contribution in [2.75, 3.05) is 4.90 Å². The van der Waals surface area contributed by atoms with Crippen LogP contribution >= 0.6 is 0 Å². The zero-order valence-corrected chi connectivity index (χ0v) is 15.2. The summed E-state index contributed by atoms with van der Waals surface area (Å²) in [5, 5.41) is 8.94. The van der Waals surface area contributed by atoms with Gasteiger partial charge < -0.3 is 0 Å². The summed E-state index contributed by atoms with van der Waals surface area (Å²) >= 11 is 0. The van der Waals surface area contributed by atoms with Crippen LogP contribution in [0.4, 0.5) is 23.7 Å². The van der Waals surface area contributed by atoms with E-state index in [1.807, 2.05) is 0 Å². The number of nitriles is 1. The van der Waals surface area contributed by atoms with Crippen molar-refractivity contribution in [2.45, 2.75) is 25.6 Å². The maximum Gasteiger partial charge on any atom is 0.417 e. The van der Waals surface area contributed by atoms with Gasteiger partial charge in [0.1, 0.15) is 0 Å². The molecule has 1 heterocycles. The lowest BCUT2D eigenvalue weighted by Gasteiger charge is -2.29. The largest absolute Gasteiger partial charge is 0.417 e. The van der Waals surface area contributed by atoms with Crippen LogP contribution in [0.5, 0.6) is 0 Å². The molecule has 9 heteroatoms. The molecule has 3 rings (SSSR count). The molecule has 0 saturated carbocycles. The van der Waals surface area contributed by atoms with E-state index in [1.165, 1.54) is 37.3 Å². The fourth-order valence-electron chi connectivity index (χ4n) is 3.34. The van der Waals surface area contributed by atoms with Crippen molar-refractivity contribution < 1.29 is 27.6 Å². The number of urea groups is 1. The SMILES string of the molecule is CC(=O)N1C(=O)N(c2ccc(C#N)c(C(F)(F)F)c2)C(=O)C1(C)c1cc[c]cc1. The Hall–Kier alpha value is -3.67. The van der Waals surface area contributed by atoms with E-state index in [0.29, 0.717) is 21.4 Å². The molecule has 2 aromatic carbocycles. The number of amides is 4. The standard InChI is InChI=1S/C20H13F3N3O3/c1-12(27)26-18(29)25(17(28)19(26,2)14-6-4-3-5-7-14)15-9-8-13(11-24)16(10-15)20(21,22)23/h4-10H,1-2H3. The van der Waals surface area contributed by atoms with Gasteiger partial charge in [0.05, 0.1) is 22.9 Å². The lowest BCUT2D eigenvalue weighted by Crippen LogP contribution is -2.46. The van der Waals surface area contributed by atoms with E-state index in [-0.39, 0.29) is 5.69 Å². The van der Waals surface area contributed by atoms with Gasteiger partial charge in [-0.15, -0.1) is 0 Å². The van der Waals surface area contributed by atoms with E-state index in [2.05, 4.69) is 6.07 Å². The summed E-state index contributed by atoms with van der Waals surface area (Å²) in [7, 11) is 0. The van der Waals surface area contributed by atoms with Crippen LogP contribution in [0, 0.1) is 17.4 Å². The Balaban J connectivity index is 2.20. The molecular weight excluding hydrogens is 387 g/mol. The quantitative estimate of drug-likeness (QED) is 0.722. The normalized spacial score (nSPS) is 19.4. The second-order valence-electron chi connectivity index (χ2n) is 6.48. The minimum Gasteiger partial charge on any atom is -0.275 e. The van der Waals surface area contributed by atoms with Crippen molar-refractivity contribution in [1.82, 2.24) is 4.90 Å². The predicted octanol–water partition coefficient (Wildman–Crippen LogP) is 3.61. The fraction of sp³-hybridized carbons (Fsp3) is 0.200. The van der Waals surface area contributed by atoms with Gasteiger partial charge in [0.2, 0.25) is 5.91 Å². The molecule has 1 unspecified atom stereocenters. The van der Waals surface area contributed by atoms with E-state index in [1.54, 1.807) is 0 Å². The number of imide groups is 2. The lowest BCUT2D eigenvalue weighted by atomic mass is 9.90. The first-order valence-corrected chi connectivity index (χ1v) is 8.30. The highest BCUT2D eigenvalue weighted by Crippen LogP contribution is 2.41. The second kappa shape index (κ2) is 6.74. The Kier molecular flexibility index (Phi) is 4.66. The van der Waals surface area contributed by atoms with E-state index in [9.17, 15) is 27.6 Å². The Labute approximate surface area is 163 Å². The second-order valence-corrected chi connectivity index (χ2v) is 6.48. The van der Waals surface area contributed by atoms with Crippen molar-refractivity contribution in [3.8, 4) is 6.07 Å². The number of alkyl halides is 3. The maximum absolute atomic E-state index is 13.3. The molecule has 29 heavy (non-hydrogen) atoms. The number of nitrogens with zero attached hydrogens (tertiary/aromatic N) is 3. The summed E-state index contributed by atoms with van der Waals surface area (Å²) < 4.78 is 39.9. The number of halogens is 3. The number of hydrogen-bond acceptors (Lipinski definition) is 4. The Bertz CT molecular complexity index is 1060. The molecule has 0 spiro atoms. The first-order valence-electron chi connectivity index (χ1n) is 8.30. The van der Waals surface area contributed by atoms with Gasteiger partial charge >= 0.3 is 12.2 Å². The third-order valence-electron chi connectivity index (χ3n) is 4.73. The number of carbonyl (C=O) groups is 3. The molecule has 0 aliphatic carbocycles. The minimum absolute atomic E-state index is 0.303. The molecule has 1 atom stereocenters. The molecule has 147 valence electrons. The molecule has 2 aromatic rings. The van der Waals surface area contributed by atoms with Crippen molar-refractivity contribution in [3.05, 3.63) is 65.2 Å². The van der Waals surface area contributed by atoms with Crippen LogP contribution in [-0.4, -0.2) is 22.7 Å². The van der Waals surface area contributed by atoms with Gasteiger partial charge in [0, 0.05) is 6.92 Å². The molecule has 6 nitrogen and oxygen atoms in total. The van der Waals surface area contributed by atoms with Crippen LogP contribution in [0.3, 0.4) is 0 Å². The third kappa shape index (κ3) is 3.02. The molecule has 1 aliphatic heterocycles. The number of benzene rings is 2. The molecule has 0 bridgehead atoms. The molecule has 1 radical (unpaired) electrons. The maximum atomic E-state index is 13.3. The molecule has 0 N–H and O–H groups in total. The molecule has 0 aromatic heterocycles. The minimum atomic E-state index is -4.87. The van der Waals surface area contributed by atoms with Crippen LogP contribution in [0.2, 0.25) is 0 Å². The van der Waals surface area contributed by atoms with Gasteiger partial charge in [-0.2, -0.15) is 18.4 Å². The predicted molar refractivity (Wildman–Crippen MR) is 94.2 cm³/mol. The lowest BCUT2D eigenvalue weighted by molar-refractivity contribution is -0.137. The first kappa shape index (κ1) is 20.1. The average Bonchev–Trinajstić information content (AvgIpc) is 2.88. The zero-order valence-electron chi connectivity index (χ0n) is 15.2.